The van der Waals surface area contributed by atoms with Crippen molar-refractivity contribution in [1.29, 1.82) is 0 Å². The molecule has 0 fully saturated rings. The lowest BCUT2D eigenvalue weighted by atomic mass is 10.0. The lowest BCUT2D eigenvalue weighted by Crippen LogP contribution is -2.37. The van der Waals surface area contributed by atoms with Gasteiger partial charge in [-0.3, -0.25) is 0 Å². The average Bonchev–Trinajstić information content (AvgIpc) is 2.81. The van der Waals surface area contributed by atoms with E-state index < -0.39 is 12.0 Å². The summed E-state index contributed by atoms with van der Waals surface area (Å²) in [6, 6.07) is 2.93. The Morgan fingerprint density at radius 3 is 3.06 bits per heavy atom. The largest absolute Gasteiger partial charge is 0.467 e. The first-order chi connectivity index (χ1) is 8.63. The van der Waals surface area contributed by atoms with Crippen molar-refractivity contribution in [2.24, 2.45) is 10.7 Å². The van der Waals surface area contributed by atoms with Crippen molar-refractivity contribution in [2.45, 2.75) is 19.9 Å². The lowest BCUT2D eigenvalue weighted by molar-refractivity contribution is -0.139. The molecule has 0 spiro atoms. The van der Waals surface area contributed by atoms with Gasteiger partial charge in [0.2, 0.25) is 0 Å². The van der Waals surface area contributed by atoms with Crippen LogP contribution in [0.4, 0.5) is 0 Å². The predicted octanol–water partition coefficient (Wildman–Crippen LogP) is 1.08. The van der Waals surface area contributed by atoms with Crippen molar-refractivity contribution in [3.8, 4) is 0 Å². The number of furan rings is 1. The zero-order valence-electron chi connectivity index (χ0n) is 10.3. The Balaban J connectivity index is 2.39. The molecule has 1 atom stereocenters. The monoisotopic (exact) mass is 249 g/mol. The Labute approximate surface area is 105 Å². The van der Waals surface area contributed by atoms with Crippen LogP contribution in [0, 0.1) is 0 Å². The van der Waals surface area contributed by atoms with Gasteiger partial charge >= 0.3 is 5.97 Å². The zero-order chi connectivity index (χ0) is 13.1. The Morgan fingerprint density at radius 2 is 2.44 bits per heavy atom. The predicted molar refractivity (Wildman–Crippen MR) is 65.5 cm³/mol. The average molecular weight is 249 g/mol. The van der Waals surface area contributed by atoms with Crippen LogP contribution in [0.3, 0.4) is 0 Å². The van der Waals surface area contributed by atoms with Gasteiger partial charge in [-0.1, -0.05) is 0 Å². The van der Waals surface area contributed by atoms with E-state index in [1.807, 2.05) is 0 Å². The van der Waals surface area contributed by atoms with Crippen molar-refractivity contribution in [2.75, 3.05) is 6.61 Å². The Hall–Kier alpha value is -2.24. The van der Waals surface area contributed by atoms with Gasteiger partial charge in [0.25, 0.3) is 0 Å². The molecule has 1 aliphatic rings. The highest BCUT2D eigenvalue weighted by Crippen LogP contribution is 2.31. The first kappa shape index (κ1) is 12.2. The molecule has 2 rings (SSSR count). The van der Waals surface area contributed by atoms with E-state index in [2.05, 4.69) is 10.3 Å². The van der Waals surface area contributed by atoms with Gasteiger partial charge in [-0.05, 0) is 26.0 Å². The van der Waals surface area contributed by atoms with Crippen molar-refractivity contribution >= 4 is 11.9 Å². The molecule has 0 saturated carbocycles. The molecule has 1 aromatic rings. The number of nitrogens with one attached hydrogen (secondary N) is 1. The lowest BCUT2D eigenvalue weighted by Gasteiger charge is -2.22. The number of rotatable bonds is 3. The van der Waals surface area contributed by atoms with E-state index >= 15 is 0 Å². The highest BCUT2D eigenvalue weighted by Gasteiger charge is 2.31. The second kappa shape index (κ2) is 4.95. The van der Waals surface area contributed by atoms with E-state index in [0.717, 1.165) is 0 Å². The van der Waals surface area contributed by atoms with Crippen molar-refractivity contribution in [3.05, 3.63) is 35.4 Å². The first-order valence-electron chi connectivity index (χ1n) is 5.65. The third-order valence-electron chi connectivity index (χ3n) is 2.57. The molecule has 0 radical (unpaired) electrons. The Kier molecular flexibility index (Phi) is 3.36. The molecule has 0 bridgehead atoms. The molecular weight excluding hydrogens is 234 g/mol. The molecule has 0 aliphatic carbocycles. The molecule has 1 aliphatic heterocycles. The SMILES string of the molecule is CCOC(=O)C1=C(C)NC(N)=N[C@@H]1c1ccco1. The number of nitrogens with zero attached hydrogens (tertiary/aromatic N) is 1. The van der Waals surface area contributed by atoms with Crippen LogP contribution in [0.5, 0.6) is 0 Å². The summed E-state index contributed by atoms with van der Waals surface area (Å²) in [5, 5.41) is 2.83. The number of allylic oxidation sites excluding steroid dienone is 1. The number of hydrogen-bond acceptors (Lipinski definition) is 6. The van der Waals surface area contributed by atoms with Gasteiger partial charge in [0, 0.05) is 5.70 Å². The number of aliphatic imine (C=N–C) groups is 1. The first-order valence-corrected chi connectivity index (χ1v) is 5.65. The molecule has 0 amide bonds. The standard InChI is InChI=1S/C12H15N3O3/c1-3-17-11(16)9-7(2)14-12(13)15-10(9)8-5-4-6-18-8/h4-6,10H,3H2,1-2H3,(H3,13,14,15)/t10-/m1/s1. The number of nitrogens with two attached hydrogens (primary N) is 1. The Bertz CT molecular complexity index is 503. The molecule has 96 valence electrons. The normalized spacial score (nSPS) is 19.2. The number of carbonyl (C=O) groups is 1. The molecule has 2 heterocycles. The minimum atomic E-state index is -0.555. The highest BCUT2D eigenvalue weighted by atomic mass is 16.5. The minimum Gasteiger partial charge on any atom is -0.467 e. The van der Waals surface area contributed by atoms with Gasteiger partial charge in [0.1, 0.15) is 11.8 Å². The van der Waals surface area contributed by atoms with E-state index in [9.17, 15) is 4.79 Å². The topological polar surface area (TPSA) is 89.8 Å². The van der Waals surface area contributed by atoms with Gasteiger partial charge in [-0.25, -0.2) is 9.79 Å². The summed E-state index contributed by atoms with van der Waals surface area (Å²) < 4.78 is 10.3. The summed E-state index contributed by atoms with van der Waals surface area (Å²) in [5.41, 5.74) is 6.71. The van der Waals surface area contributed by atoms with Crippen molar-refractivity contribution in [3.63, 3.8) is 0 Å². The van der Waals surface area contributed by atoms with Gasteiger partial charge < -0.3 is 20.2 Å². The molecule has 6 heteroatoms. The summed E-state index contributed by atoms with van der Waals surface area (Å²) >= 11 is 0. The van der Waals surface area contributed by atoms with Crippen LogP contribution in [0.15, 0.2) is 39.1 Å². The molecule has 3 N–H and O–H groups in total. The maximum atomic E-state index is 11.9. The summed E-state index contributed by atoms with van der Waals surface area (Å²) in [6.45, 7) is 3.81. The van der Waals surface area contributed by atoms with Crippen LogP contribution in [0.2, 0.25) is 0 Å². The second-order valence-electron chi connectivity index (χ2n) is 3.82. The molecule has 0 aromatic carbocycles. The van der Waals surface area contributed by atoms with Crippen molar-refractivity contribution < 1.29 is 13.9 Å². The molecule has 0 saturated heterocycles. The molecule has 6 nitrogen and oxygen atoms in total. The van der Waals surface area contributed by atoms with Gasteiger partial charge in [0.05, 0.1) is 18.4 Å². The fraction of sp³-hybridized carbons (Fsp3) is 0.333. The maximum Gasteiger partial charge on any atom is 0.338 e. The fourth-order valence-corrected chi connectivity index (χ4v) is 1.83. The van der Waals surface area contributed by atoms with E-state index in [-0.39, 0.29) is 5.96 Å². The number of guanidine groups is 1. The fourth-order valence-electron chi connectivity index (χ4n) is 1.83. The van der Waals surface area contributed by atoms with Crippen LogP contribution in [0.1, 0.15) is 25.6 Å². The van der Waals surface area contributed by atoms with Crippen LogP contribution in [-0.4, -0.2) is 18.5 Å². The molecular formula is C12H15N3O3. The third-order valence-corrected chi connectivity index (χ3v) is 2.57. The van der Waals surface area contributed by atoms with E-state index in [4.69, 9.17) is 14.9 Å². The molecule has 0 unspecified atom stereocenters. The van der Waals surface area contributed by atoms with Gasteiger partial charge in [-0.15, -0.1) is 0 Å². The van der Waals surface area contributed by atoms with Crippen LogP contribution >= 0.6 is 0 Å². The van der Waals surface area contributed by atoms with Crippen LogP contribution in [0.25, 0.3) is 0 Å². The van der Waals surface area contributed by atoms with Gasteiger partial charge in [0.15, 0.2) is 5.96 Å². The number of ether oxygens (including phenoxy) is 1. The molecule has 18 heavy (non-hydrogen) atoms. The van der Waals surface area contributed by atoms with Crippen LogP contribution < -0.4 is 11.1 Å². The van der Waals surface area contributed by atoms with E-state index in [1.165, 1.54) is 6.26 Å². The van der Waals surface area contributed by atoms with Crippen LogP contribution in [-0.2, 0) is 9.53 Å². The number of carbonyl (C=O) groups excluding carboxylic acids is 1. The molecule has 1 aromatic heterocycles. The zero-order valence-corrected chi connectivity index (χ0v) is 10.3. The van der Waals surface area contributed by atoms with E-state index in [1.54, 1.807) is 26.0 Å². The smallest absolute Gasteiger partial charge is 0.338 e. The quantitative estimate of drug-likeness (QED) is 0.782. The van der Waals surface area contributed by atoms with E-state index in [0.29, 0.717) is 23.6 Å². The summed E-state index contributed by atoms with van der Waals surface area (Å²) in [5.74, 6) is 0.393. The number of hydrogen-bond donors (Lipinski definition) is 2. The summed E-state index contributed by atoms with van der Waals surface area (Å²) in [4.78, 5) is 16.1. The summed E-state index contributed by atoms with van der Waals surface area (Å²) in [6.07, 6.45) is 1.53. The van der Waals surface area contributed by atoms with Gasteiger partial charge in [-0.2, -0.15) is 0 Å². The number of esters is 1. The second-order valence-corrected chi connectivity index (χ2v) is 3.82. The third kappa shape index (κ3) is 2.22. The minimum absolute atomic E-state index is 0.252. The Morgan fingerprint density at radius 1 is 1.67 bits per heavy atom. The maximum absolute atomic E-state index is 11.9. The highest BCUT2D eigenvalue weighted by molar-refractivity contribution is 5.94. The summed E-state index contributed by atoms with van der Waals surface area (Å²) in [7, 11) is 0. The van der Waals surface area contributed by atoms with Crippen molar-refractivity contribution in [1.82, 2.24) is 5.32 Å².